The molecule has 0 atom stereocenters. The molecule has 1 aromatic heterocycles. The van der Waals surface area contributed by atoms with Crippen LogP contribution in [0.5, 0.6) is 5.19 Å². The van der Waals surface area contributed by atoms with Gasteiger partial charge < -0.3 is 4.74 Å². The van der Waals surface area contributed by atoms with Crippen LogP contribution in [-0.4, -0.2) is 4.98 Å². The second-order valence-electron chi connectivity index (χ2n) is 7.74. The van der Waals surface area contributed by atoms with Crippen LogP contribution in [0, 0.1) is 17.6 Å². The van der Waals surface area contributed by atoms with Gasteiger partial charge in [-0.05, 0) is 67.3 Å². The van der Waals surface area contributed by atoms with Crippen molar-refractivity contribution in [2.75, 3.05) is 0 Å². The molecule has 1 saturated carbocycles. The van der Waals surface area contributed by atoms with Gasteiger partial charge in [-0.15, -0.1) is 0 Å². The SMILES string of the molecule is CCC[C@H]1CC[C@H](c2ccc(COc3nc4ccc(F)cc4s3)c(F)c2)CC1. The topological polar surface area (TPSA) is 22.1 Å². The van der Waals surface area contributed by atoms with E-state index >= 15 is 0 Å². The van der Waals surface area contributed by atoms with Gasteiger partial charge in [0.1, 0.15) is 18.2 Å². The Morgan fingerprint density at radius 2 is 1.89 bits per heavy atom. The van der Waals surface area contributed by atoms with Crippen LogP contribution in [0.3, 0.4) is 0 Å². The van der Waals surface area contributed by atoms with Gasteiger partial charge in [-0.25, -0.2) is 13.8 Å². The summed E-state index contributed by atoms with van der Waals surface area (Å²) >= 11 is 1.27. The van der Waals surface area contributed by atoms with Gasteiger partial charge in [0.25, 0.3) is 5.19 Å². The zero-order chi connectivity index (χ0) is 19.5. The predicted molar refractivity (Wildman–Crippen MR) is 110 cm³/mol. The maximum Gasteiger partial charge on any atom is 0.274 e. The third-order valence-corrected chi connectivity index (χ3v) is 6.70. The normalized spacial score (nSPS) is 19.8. The molecule has 5 heteroatoms. The number of fused-ring (bicyclic) bond motifs is 1. The number of ether oxygens (including phenoxy) is 1. The van der Waals surface area contributed by atoms with Crippen LogP contribution < -0.4 is 4.74 Å². The van der Waals surface area contributed by atoms with Crippen LogP contribution >= 0.6 is 11.3 Å². The lowest BCUT2D eigenvalue weighted by Gasteiger charge is -2.28. The van der Waals surface area contributed by atoms with Crippen LogP contribution in [0.25, 0.3) is 10.2 Å². The third kappa shape index (κ3) is 4.35. The monoisotopic (exact) mass is 401 g/mol. The molecule has 1 aliphatic rings. The van der Waals surface area contributed by atoms with Gasteiger partial charge in [-0.3, -0.25) is 0 Å². The summed E-state index contributed by atoms with van der Waals surface area (Å²) in [5.41, 5.74) is 2.32. The first-order chi connectivity index (χ1) is 13.6. The molecule has 0 radical (unpaired) electrons. The van der Waals surface area contributed by atoms with Crippen molar-refractivity contribution in [3.05, 3.63) is 59.2 Å². The van der Waals surface area contributed by atoms with E-state index in [-0.39, 0.29) is 18.2 Å². The summed E-state index contributed by atoms with van der Waals surface area (Å²) in [4.78, 5) is 4.32. The van der Waals surface area contributed by atoms with E-state index in [0.717, 1.165) is 29.0 Å². The quantitative estimate of drug-likeness (QED) is 0.435. The standard InChI is InChI=1S/C23H25F2NOS/c1-2-3-15-4-6-16(7-5-15)17-8-9-18(20(25)12-17)14-27-23-26-21-11-10-19(24)13-22(21)28-23/h8-13,15-16H,2-7,14H2,1H3/t15-,16-. The van der Waals surface area contributed by atoms with Gasteiger partial charge in [0.05, 0.1) is 10.2 Å². The average molecular weight is 402 g/mol. The highest BCUT2D eigenvalue weighted by Crippen LogP contribution is 2.38. The van der Waals surface area contributed by atoms with E-state index in [9.17, 15) is 8.78 Å². The molecule has 0 bridgehead atoms. The molecular formula is C23H25F2NOS. The fraction of sp³-hybridized carbons (Fsp3) is 0.435. The maximum absolute atomic E-state index is 14.6. The van der Waals surface area contributed by atoms with Crippen molar-refractivity contribution in [2.24, 2.45) is 5.92 Å². The lowest BCUT2D eigenvalue weighted by molar-refractivity contribution is 0.297. The van der Waals surface area contributed by atoms with Gasteiger partial charge in [0.15, 0.2) is 0 Å². The molecule has 0 unspecified atom stereocenters. The minimum absolute atomic E-state index is 0.123. The molecule has 0 spiro atoms. The summed E-state index contributed by atoms with van der Waals surface area (Å²) in [5, 5.41) is 0.429. The highest BCUT2D eigenvalue weighted by atomic mass is 32.1. The lowest BCUT2D eigenvalue weighted by atomic mass is 9.77. The van der Waals surface area contributed by atoms with Crippen molar-refractivity contribution < 1.29 is 13.5 Å². The minimum atomic E-state index is -0.298. The summed E-state index contributed by atoms with van der Waals surface area (Å²) in [6, 6.07) is 9.98. The Balaban J connectivity index is 1.39. The molecule has 1 heterocycles. The number of thiazole rings is 1. The molecule has 0 aliphatic heterocycles. The maximum atomic E-state index is 14.6. The van der Waals surface area contributed by atoms with Crippen LogP contribution in [-0.2, 0) is 6.61 Å². The number of benzene rings is 2. The summed E-state index contributed by atoms with van der Waals surface area (Å²) in [7, 11) is 0. The molecule has 1 fully saturated rings. The van der Waals surface area contributed by atoms with Crippen molar-refractivity contribution in [1.29, 1.82) is 0 Å². The second kappa shape index (κ2) is 8.56. The van der Waals surface area contributed by atoms with E-state index in [1.54, 1.807) is 12.1 Å². The Kier molecular flexibility index (Phi) is 5.90. The van der Waals surface area contributed by atoms with Gasteiger partial charge >= 0.3 is 0 Å². The first-order valence-corrected chi connectivity index (χ1v) is 10.9. The zero-order valence-corrected chi connectivity index (χ0v) is 16.9. The molecule has 148 valence electrons. The molecule has 1 aliphatic carbocycles. The summed E-state index contributed by atoms with van der Waals surface area (Å²) < 4.78 is 34.3. The van der Waals surface area contributed by atoms with Crippen LogP contribution in [0.1, 0.15) is 62.5 Å². The predicted octanol–water partition coefficient (Wildman–Crippen LogP) is 7.23. The van der Waals surface area contributed by atoms with Crippen molar-refractivity contribution in [2.45, 2.75) is 58.0 Å². The van der Waals surface area contributed by atoms with Crippen molar-refractivity contribution >= 4 is 21.6 Å². The average Bonchev–Trinajstić information content (AvgIpc) is 3.10. The fourth-order valence-corrected chi connectivity index (χ4v) is 5.05. The number of halogens is 2. The molecule has 3 aromatic rings. The van der Waals surface area contributed by atoms with Crippen LogP contribution in [0.4, 0.5) is 8.78 Å². The fourth-order valence-electron chi connectivity index (χ4n) is 4.21. The molecular weight excluding hydrogens is 376 g/mol. The van der Waals surface area contributed by atoms with E-state index < -0.39 is 0 Å². The van der Waals surface area contributed by atoms with Gasteiger partial charge in [-0.1, -0.05) is 43.2 Å². The first-order valence-electron chi connectivity index (χ1n) is 10.1. The molecule has 28 heavy (non-hydrogen) atoms. The van der Waals surface area contributed by atoms with Crippen LogP contribution in [0.2, 0.25) is 0 Å². The summed E-state index contributed by atoms with van der Waals surface area (Å²) in [6.07, 6.45) is 7.38. The number of rotatable bonds is 6. The Labute approximate surface area is 168 Å². The lowest BCUT2D eigenvalue weighted by Crippen LogP contribution is -2.13. The zero-order valence-electron chi connectivity index (χ0n) is 16.1. The molecule has 0 amide bonds. The largest absolute Gasteiger partial charge is 0.465 e. The molecule has 0 saturated heterocycles. The van der Waals surface area contributed by atoms with Gasteiger partial charge in [0, 0.05) is 5.56 Å². The third-order valence-electron chi connectivity index (χ3n) is 5.77. The molecule has 4 rings (SSSR count). The first kappa shape index (κ1) is 19.3. The van der Waals surface area contributed by atoms with E-state index in [1.807, 2.05) is 12.1 Å². The van der Waals surface area contributed by atoms with E-state index in [1.165, 1.54) is 49.2 Å². The number of hydrogen-bond donors (Lipinski definition) is 0. The Morgan fingerprint density at radius 3 is 2.64 bits per heavy atom. The molecule has 0 N–H and O–H groups in total. The minimum Gasteiger partial charge on any atom is -0.465 e. The number of nitrogens with zero attached hydrogens (tertiary/aromatic N) is 1. The summed E-state index contributed by atoms with van der Waals surface area (Å²) in [5.74, 6) is 0.797. The van der Waals surface area contributed by atoms with Crippen molar-refractivity contribution in [3.8, 4) is 5.19 Å². The van der Waals surface area contributed by atoms with Crippen molar-refractivity contribution in [1.82, 2.24) is 4.98 Å². The molecule has 2 aromatic carbocycles. The van der Waals surface area contributed by atoms with Gasteiger partial charge in [-0.2, -0.15) is 0 Å². The highest BCUT2D eigenvalue weighted by Gasteiger charge is 2.22. The Hall–Kier alpha value is -2.01. The smallest absolute Gasteiger partial charge is 0.274 e. The highest BCUT2D eigenvalue weighted by molar-refractivity contribution is 7.20. The number of hydrogen-bond acceptors (Lipinski definition) is 3. The Bertz CT molecular complexity index is 947. The van der Waals surface area contributed by atoms with Crippen LogP contribution in [0.15, 0.2) is 36.4 Å². The van der Waals surface area contributed by atoms with E-state index in [2.05, 4.69) is 11.9 Å². The second-order valence-corrected chi connectivity index (χ2v) is 8.73. The molecule has 2 nitrogen and oxygen atoms in total. The van der Waals surface area contributed by atoms with Crippen molar-refractivity contribution in [3.63, 3.8) is 0 Å². The van der Waals surface area contributed by atoms with E-state index in [0.29, 0.717) is 22.2 Å². The summed E-state index contributed by atoms with van der Waals surface area (Å²) in [6.45, 7) is 2.37. The Morgan fingerprint density at radius 1 is 1.07 bits per heavy atom. The van der Waals surface area contributed by atoms with Gasteiger partial charge in [0.2, 0.25) is 0 Å². The number of aromatic nitrogens is 1. The van der Waals surface area contributed by atoms with E-state index in [4.69, 9.17) is 4.74 Å².